The van der Waals surface area contributed by atoms with E-state index < -0.39 is 5.97 Å². The highest BCUT2D eigenvalue weighted by atomic mass is 17.1. The van der Waals surface area contributed by atoms with Crippen molar-refractivity contribution < 1.29 is 14.9 Å². The Bertz CT molecular complexity index is 101. The first-order chi connectivity index (χ1) is 4.70. The molecule has 1 unspecified atom stereocenters. The van der Waals surface area contributed by atoms with Gasteiger partial charge in [-0.15, -0.1) is 0 Å². The minimum Gasteiger partial charge on any atom is -0.301 e. The second-order valence-corrected chi connectivity index (χ2v) is 2.52. The lowest BCUT2D eigenvalue weighted by Gasteiger charge is -2.04. The molecule has 0 aliphatic carbocycles. The summed E-state index contributed by atoms with van der Waals surface area (Å²) in [6, 6.07) is 0. The summed E-state index contributed by atoms with van der Waals surface area (Å²) in [5, 5.41) is 7.87. The van der Waals surface area contributed by atoms with E-state index in [0.717, 1.165) is 12.8 Å². The Labute approximate surface area is 60.9 Å². The number of hydrogen-bond donors (Lipinski definition) is 1. The first-order valence-corrected chi connectivity index (χ1v) is 3.55. The van der Waals surface area contributed by atoms with Crippen LogP contribution in [0.3, 0.4) is 0 Å². The molecule has 0 spiro atoms. The molecule has 0 radical (unpaired) electrons. The molecule has 0 rings (SSSR count). The van der Waals surface area contributed by atoms with Gasteiger partial charge < -0.3 is 4.89 Å². The molecular weight excluding hydrogens is 132 g/mol. The van der Waals surface area contributed by atoms with Crippen LogP contribution in [0.5, 0.6) is 0 Å². The summed E-state index contributed by atoms with van der Waals surface area (Å²) >= 11 is 0. The van der Waals surface area contributed by atoms with Crippen LogP contribution in [0.25, 0.3) is 0 Å². The molecule has 0 saturated heterocycles. The third kappa shape index (κ3) is 4.32. The molecule has 0 saturated carbocycles. The first kappa shape index (κ1) is 9.43. The lowest BCUT2D eigenvalue weighted by molar-refractivity contribution is -0.234. The quantitative estimate of drug-likeness (QED) is 0.486. The van der Waals surface area contributed by atoms with Crippen molar-refractivity contribution in [3.05, 3.63) is 0 Å². The predicted octanol–water partition coefficient (Wildman–Crippen LogP) is 1.83. The molecule has 0 fully saturated rings. The van der Waals surface area contributed by atoms with E-state index in [1.807, 2.05) is 0 Å². The molecule has 0 aromatic rings. The van der Waals surface area contributed by atoms with Gasteiger partial charge in [0.25, 0.3) is 0 Å². The van der Waals surface area contributed by atoms with Crippen LogP contribution in [0.15, 0.2) is 0 Å². The molecule has 0 aliphatic rings. The maximum absolute atomic E-state index is 10.4. The summed E-state index contributed by atoms with van der Waals surface area (Å²) in [5.74, 6) is -0.0144. The first-order valence-electron chi connectivity index (χ1n) is 3.55. The van der Waals surface area contributed by atoms with Crippen LogP contribution in [-0.2, 0) is 9.68 Å². The van der Waals surface area contributed by atoms with Crippen LogP contribution in [0.2, 0.25) is 0 Å². The highest BCUT2D eigenvalue weighted by Gasteiger charge is 2.04. The maximum atomic E-state index is 10.4. The minimum absolute atomic E-state index is 0.311. The van der Waals surface area contributed by atoms with Crippen LogP contribution in [0.4, 0.5) is 0 Å². The van der Waals surface area contributed by atoms with E-state index in [2.05, 4.69) is 18.7 Å². The number of rotatable bonds is 4. The van der Waals surface area contributed by atoms with Crippen molar-refractivity contribution in [3.8, 4) is 0 Å². The van der Waals surface area contributed by atoms with E-state index in [1.54, 1.807) is 0 Å². The summed E-state index contributed by atoms with van der Waals surface area (Å²) in [7, 11) is 0. The van der Waals surface area contributed by atoms with E-state index in [4.69, 9.17) is 5.26 Å². The highest BCUT2D eigenvalue weighted by Crippen LogP contribution is 2.08. The Morgan fingerprint density at radius 1 is 1.70 bits per heavy atom. The number of carbonyl (C=O) groups excluding carboxylic acids is 1. The van der Waals surface area contributed by atoms with Gasteiger partial charge in [0.05, 0.1) is 0 Å². The average Bonchev–Trinajstić information content (AvgIpc) is 1.99. The molecule has 1 atom stereocenters. The molecule has 3 nitrogen and oxygen atoms in total. The highest BCUT2D eigenvalue weighted by molar-refractivity contribution is 5.68. The van der Waals surface area contributed by atoms with Crippen molar-refractivity contribution in [2.45, 2.75) is 33.1 Å². The molecule has 0 aliphatic heterocycles. The molecule has 0 amide bonds. The lowest BCUT2D eigenvalue weighted by atomic mass is 10.0. The van der Waals surface area contributed by atoms with Gasteiger partial charge in [0.1, 0.15) is 0 Å². The molecule has 60 valence electrons. The Morgan fingerprint density at radius 2 is 2.30 bits per heavy atom. The summed E-state index contributed by atoms with van der Waals surface area (Å²) in [4.78, 5) is 13.9. The zero-order chi connectivity index (χ0) is 7.98. The fourth-order valence-electron chi connectivity index (χ4n) is 0.614. The van der Waals surface area contributed by atoms with E-state index in [-0.39, 0.29) is 0 Å². The van der Waals surface area contributed by atoms with Crippen LogP contribution < -0.4 is 0 Å². The molecule has 3 heteroatoms. The third-order valence-corrected chi connectivity index (χ3v) is 1.64. The summed E-state index contributed by atoms with van der Waals surface area (Å²) < 4.78 is 0. The largest absolute Gasteiger partial charge is 0.342 e. The standard InChI is InChI=1S/C7H14O3/c1-3-6(2)4-5-7(8)10-9/h6,9H,3-5H2,1-2H3. The van der Waals surface area contributed by atoms with Crippen LogP contribution in [0.1, 0.15) is 33.1 Å². The van der Waals surface area contributed by atoms with Gasteiger partial charge in [0.15, 0.2) is 0 Å². The summed E-state index contributed by atoms with van der Waals surface area (Å²) in [6.07, 6.45) is 2.15. The zero-order valence-electron chi connectivity index (χ0n) is 6.46. The maximum Gasteiger partial charge on any atom is 0.342 e. The molecular formula is C7H14O3. The summed E-state index contributed by atoms with van der Waals surface area (Å²) in [6.45, 7) is 4.12. The fraction of sp³-hybridized carbons (Fsp3) is 0.857. The lowest BCUT2D eigenvalue weighted by Crippen LogP contribution is -2.03. The van der Waals surface area contributed by atoms with Gasteiger partial charge in [0.2, 0.25) is 0 Å². The van der Waals surface area contributed by atoms with E-state index in [0.29, 0.717) is 12.3 Å². The molecule has 0 aromatic carbocycles. The monoisotopic (exact) mass is 146 g/mol. The normalized spacial score (nSPS) is 12.7. The SMILES string of the molecule is CCC(C)CCC(=O)OO. The Morgan fingerprint density at radius 3 is 2.70 bits per heavy atom. The van der Waals surface area contributed by atoms with Gasteiger partial charge >= 0.3 is 5.97 Å². The number of carbonyl (C=O) groups is 1. The van der Waals surface area contributed by atoms with Crippen LogP contribution >= 0.6 is 0 Å². The Balaban J connectivity index is 3.26. The van der Waals surface area contributed by atoms with Crippen molar-refractivity contribution in [1.29, 1.82) is 0 Å². The minimum atomic E-state index is -0.541. The second-order valence-electron chi connectivity index (χ2n) is 2.52. The number of hydrogen-bond acceptors (Lipinski definition) is 3. The van der Waals surface area contributed by atoms with Crippen molar-refractivity contribution in [2.24, 2.45) is 5.92 Å². The van der Waals surface area contributed by atoms with E-state index in [1.165, 1.54) is 0 Å². The average molecular weight is 146 g/mol. The molecule has 1 N–H and O–H groups in total. The van der Waals surface area contributed by atoms with Gasteiger partial charge in [-0.3, -0.25) is 0 Å². The smallest absolute Gasteiger partial charge is 0.301 e. The molecule has 0 bridgehead atoms. The fourth-order valence-corrected chi connectivity index (χ4v) is 0.614. The van der Waals surface area contributed by atoms with Crippen molar-refractivity contribution in [2.75, 3.05) is 0 Å². The second kappa shape index (κ2) is 5.23. The van der Waals surface area contributed by atoms with Crippen LogP contribution in [-0.4, -0.2) is 11.2 Å². The summed E-state index contributed by atoms with van der Waals surface area (Å²) in [5.41, 5.74) is 0. The van der Waals surface area contributed by atoms with Gasteiger partial charge in [0, 0.05) is 6.42 Å². The van der Waals surface area contributed by atoms with Crippen molar-refractivity contribution in [1.82, 2.24) is 0 Å². The molecule has 0 heterocycles. The van der Waals surface area contributed by atoms with Gasteiger partial charge in [-0.2, -0.15) is 5.26 Å². The van der Waals surface area contributed by atoms with E-state index in [9.17, 15) is 4.79 Å². The van der Waals surface area contributed by atoms with Crippen LogP contribution in [0, 0.1) is 5.92 Å². The topological polar surface area (TPSA) is 46.5 Å². The van der Waals surface area contributed by atoms with Crippen molar-refractivity contribution >= 4 is 5.97 Å². The zero-order valence-corrected chi connectivity index (χ0v) is 6.46. The Kier molecular flexibility index (Phi) is 4.94. The van der Waals surface area contributed by atoms with Gasteiger partial charge in [-0.1, -0.05) is 20.3 Å². The van der Waals surface area contributed by atoms with E-state index >= 15 is 0 Å². The Hall–Kier alpha value is -0.570. The molecule has 10 heavy (non-hydrogen) atoms. The van der Waals surface area contributed by atoms with Crippen molar-refractivity contribution in [3.63, 3.8) is 0 Å². The van der Waals surface area contributed by atoms with Gasteiger partial charge in [-0.05, 0) is 12.3 Å². The predicted molar refractivity (Wildman–Crippen MR) is 37.4 cm³/mol. The molecule has 0 aromatic heterocycles. The third-order valence-electron chi connectivity index (χ3n) is 1.64. The van der Waals surface area contributed by atoms with Gasteiger partial charge in [-0.25, -0.2) is 4.79 Å².